The van der Waals surface area contributed by atoms with Gasteiger partial charge in [0, 0.05) is 27.7 Å². The molecule has 2 aromatic rings. The Bertz CT molecular complexity index is 1290. The number of sulfonamides is 1. The first-order chi connectivity index (χ1) is 17.2. The predicted molar refractivity (Wildman–Crippen MR) is 143 cm³/mol. The number of hydrogen-bond acceptors (Lipinski definition) is 4. The molecule has 0 unspecified atom stereocenters. The number of rotatable bonds is 8. The molecule has 2 amide bonds. The van der Waals surface area contributed by atoms with E-state index in [1.54, 1.807) is 26.8 Å². The fourth-order valence-corrected chi connectivity index (χ4v) is 4.99. The first kappa shape index (κ1) is 32.0. The van der Waals surface area contributed by atoms with Crippen LogP contribution in [0.5, 0.6) is 0 Å². The third-order valence-electron chi connectivity index (χ3n) is 5.28. The highest BCUT2D eigenvalue weighted by Crippen LogP contribution is 2.37. The molecule has 0 aromatic heterocycles. The molecule has 0 aliphatic carbocycles. The Labute approximate surface area is 234 Å². The minimum atomic E-state index is -4.87. The fourth-order valence-electron chi connectivity index (χ4n) is 3.41. The van der Waals surface area contributed by atoms with Gasteiger partial charge in [-0.05, 0) is 58.0 Å². The molecule has 2 rings (SSSR count). The maximum Gasteiger partial charge on any atom is 0.417 e. The van der Waals surface area contributed by atoms with Crippen LogP contribution in [0.2, 0.25) is 15.1 Å². The van der Waals surface area contributed by atoms with Gasteiger partial charge < -0.3 is 10.2 Å². The van der Waals surface area contributed by atoms with Crippen molar-refractivity contribution in [2.75, 3.05) is 17.1 Å². The Kier molecular flexibility index (Phi) is 10.0. The van der Waals surface area contributed by atoms with Crippen LogP contribution in [0.25, 0.3) is 0 Å². The van der Waals surface area contributed by atoms with E-state index >= 15 is 0 Å². The Morgan fingerprint density at radius 1 is 1.00 bits per heavy atom. The molecule has 0 saturated heterocycles. The lowest BCUT2D eigenvalue weighted by Gasteiger charge is -2.33. The zero-order chi connectivity index (χ0) is 29.2. The summed E-state index contributed by atoms with van der Waals surface area (Å²) in [6.07, 6.45) is -4.13. The van der Waals surface area contributed by atoms with E-state index in [1.807, 2.05) is 0 Å². The summed E-state index contributed by atoms with van der Waals surface area (Å²) in [4.78, 5) is 27.6. The van der Waals surface area contributed by atoms with E-state index in [4.69, 9.17) is 34.8 Å². The van der Waals surface area contributed by atoms with Gasteiger partial charge in [0.1, 0.15) is 12.6 Å². The van der Waals surface area contributed by atoms with Crippen molar-refractivity contribution in [3.05, 3.63) is 62.6 Å². The molecule has 1 N–H and O–H groups in total. The molecule has 0 aliphatic rings. The van der Waals surface area contributed by atoms with E-state index in [0.29, 0.717) is 15.9 Å². The van der Waals surface area contributed by atoms with Gasteiger partial charge in [-0.1, -0.05) is 40.9 Å². The van der Waals surface area contributed by atoms with Crippen LogP contribution in [0, 0.1) is 0 Å². The Morgan fingerprint density at radius 3 is 2.03 bits per heavy atom. The number of amides is 2. The molecule has 38 heavy (non-hydrogen) atoms. The van der Waals surface area contributed by atoms with Crippen molar-refractivity contribution in [1.82, 2.24) is 10.2 Å². The topological polar surface area (TPSA) is 86.8 Å². The third-order valence-corrected chi connectivity index (χ3v) is 7.46. The molecule has 0 spiro atoms. The minimum absolute atomic E-state index is 0.200. The summed E-state index contributed by atoms with van der Waals surface area (Å²) in [5, 5.41) is 2.51. The number of hydrogen-bond donors (Lipinski definition) is 1. The number of nitrogens with one attached hydrogen (secondary N) is 1. The molecule has 2 aromatic carbocycles. The monoisotopic (exact) mass is 615 g/mol. The SMILES string of the molecule is C[C@@H](C(=O)NC(C)(C)C)N(Cc1c(Cl)cccc1Cl)C(=O)CN(c1ccc(Cl)c(C(F)(F)F)c1)S(C)(=O)=O. The van der Waals surface area contributed by atoms with Gasteiger partial charge in [-0.25, -0.2) is 8.42 Å². The summed E-state index contributed by atoms with van der Waals surface area (Å²) in [5.41, 5.74) is -2.05. The lowest BCUT2D eigenvalue weighted by molar-refractivity contribution is -0.140. The summed E-state index contributed by atoms with van der Waals surface area (Å²) >= 11 is 18.2. The first-order valence-corrected chi connectivity index (χ1v) is 14.1. The van der Waals surface area contributed by atoms with E-state index in [-0.39, 0.29) is 16.6 Å². The van der Waals surface area contributed by atoms with E-state index in [0.717, 1.165) is 23.3 Å². The standard InChI is InChI=1S/C24H27Cl3F3N3O4S/c1-14(22(35)31-23(2,3)4)32(12-16-18(25)7-6-8-19(16)26)21(34)13-33(38(5,36)37)15-9-10-20(27)17(11-15)24(28,29)30/h6-11,14H,12-13H2,1-5H3,(H,31,35)/t14-/m0/s1. The summed E-state index contributed by atoms with van der Waals surface area (Å²) < 4.78 is 66.0. The van der Waals surface area contributed by atoms with Gasteiger partial charge in [0.05, 0.1) is 22.5 Å². The second kappa shape index (κ2) is 11.9. The number of carbonyl (C=O) groups is 2. The molecule has 0 aliphatic heterocycles. The molecule has 0 heterocycles. The molecule has 14 heteroatoms. The highest BCUT2D eigenvalue weighted by atomic mass is 35.5. The molecule has 210 valence electrons. The van der Waals surface area contributed by atoms with Crippen LogP contribution in [0.4, 0.5) is 18.9 Å². The third kappa shape index (κ3) is 8.39. The first-order valence-electron chi connectivity index (χ1n) is 11.1. The van der Waals surface area contributed by atoms with Gasteiger partial charge in [-0.3, -0.25) is 13.9 Å². The zero-order valence-electron chi connectivity index (χ0n) is 21.2. The lowest BCUT2D eigenvalue weighted by Crippen LogP contribution is -2.54. The lowest BCUT2D eigenvalue weighted by atomic mass is 10.1. The van der Waals surface area contributed by atoms with Gasteiger partial charge >= 0.3 is 6.18 Å². The van der Waals surface area contributed by atoms with Crippen LogP contribution in [0.3, 0.4) is 0 Å². The fraction of sp³-hybridized carbons (Fsp3) is 0.417. The Morgan fingerprint density at radius 2 is 1.55 bits per heavy atom. The smallest absolute Gasteiger partial charge is 0.350 e. The number of carbonyl (C=O) groups excluding carboxylic acids is 2. The molecule has 0 saturated carbocycles. The number of alkyl halides is 3. The van der Waals surface area contributed by atoms with Crippen LogP contribution in [0.15, 0.2) is 36.4 Å². The van der Waals surface area contributed by atoms with Crippen molar-refractivity contribution in [2.24, 2.45) is 0 Å². The highest BCUT2D eigenvalue weighted by molar-refractivity contribution is 7.92. The van der Waals surface area contributed by atoms with Crippen molar-refractivity contribution in [3.63, 3.8) is 0 Å². The van der Waals surface area contributed by atoms with Gasteiger partial charge in [0.15, 0.2) is 0 Å². The van der Waals surface area contributed by atoms with Crippen molar-refractivity contribution < 1.29 is 31.2 Å². The van der Waals surface area contributed by atoms with Gasteiger partial charge in [0.2, 0.25) is 21.8 Å². The predicted octanol–water partition coefficient (Wildman–Crippen LogP) is 5.76. The average Bonchev–Trinajstić information content (AvgIpc) is 2.74. The highest BCUT2D eigenvalue weighted by Gasteiger charge is 2.36. The summed E-state index contributed by atoms with van der Waals surface area (Å²) in [5.74, 6) is -1.43. The summed E-state index contributed by atoms with van der Waals surface area (Å²) in [7, 11) is -4.26. The molecular weight excluding hydrogens is 590 g/mol. The van der Waals surface area contributed by atoms with Gasteiger partial charge in [-0.15, -0.1) is 0 Å². The molecule has 1 atom stereocenters. The van der Waals surface area contributed by atoms with Crippen molar-refractivity contribution in [1.29, 1.82) is 0 Å². The van der Waals surface area contributed by atoms with Crippen molar-refractivity contribution >= 4 is 62.3 Å². The Balaban J connectivity index is 2.55. The minimum Gasteiger partial charge on any atom is -0.350 e. The van der Waals surface area contributed by atoms with Crippen LogP contribution < -0.4 is 9.62 Å². The largest absolute Gasteiger partial charge is 0.417 e. The Hall–Kier alpha value is -2.21. The van der Waals surface area contributed by atoms with Gasteiger partial charge in [-0.2, -0.15) is 13.2 Å². The van der Waals surface area contributed by atoms with Crippen molar-refractivity contribution in [2.45, 2.75) is 52.0 Å². The van der Waals surface area contributed by atoms with E-state index in [1.165, 1.54) is 19.1 Å². The zero-order valence-corrected chi connectivity index (χ0v) is 24.2. The second-order valence-electron chi connectivity index (χ2n) is 9.57. The number of anilines is 1. The van der Waals surface area contributed by atoms with Crippen LogP contribution >= 0.6 is 34.8 Å². The number of benzene rings is 2. The molecule has 0 bridgehead atoms. The van der Waals surface area contributed by atoms with Crippen molar-refractivity contribution in [3.8, 4) is 0 Å². The second-order valence-corrected chi connectivity index (χ2v) is 12.7. The van der Waals surface area contributed by atoms with E-state index in [2.05, 4.69) is 5.32 Å². The van der Waals surface area contributed by atoms with Gasteiger partial charge in [0.25, 0.3) is 0 Å². The summed E-state index contributed by atoms with van der Waals surface area (Å²) in [6.45, 7) is 5.45. The van der Waals surface area contributed by atoms with E-state index in [9.17, 15) is 31.2 Å². The van der Waals surface area contributed by atoms with E-state index < -0.39 is 62.4 Å². The molecule has 7 nitrogen and oxygen atoms in total. The summed E-state index contributed by atoms with van der Waals surface area (Å²) in [6, 6.07) is 5.99. The maximum absolute atomic E-state index is 13.6. The maximum atomic E-state index is 13.6. The number of nitrogens with zero attached hydrogens (tertiary/aromatic N) is 2. The molecule has 0 radical (unpaired) electrons. The average molecular weight is 617 g/mol. The normalized spacial score (nSPS) is 13.1. The molecule has 0 fully saturated rings. The number of halogens is 6. The van der Waals surface area contributed by atoms with Crippen LogP contribution in [-0.2, 0) is 32.3 Å². The molecular formula is C24H27Cl3F3N3O4S. The quantitative estimate of drug-likeness (QED) is 0.409. The van der Waals surface area contributed by atoms with Crippen LogP contribution in [0.1, 0.15) is 38.8 Å². The van der Waals surface area contributed by atoms with Crippen LogP contribution in [-0.4, -0.2) is 49.5 Å².